The zero-order chi connectivity index (χ0) is 11.4. The fraction of sp³-hybridized carbons (Fsp3) is 0.636. The maximum absolute atomic E-state index is 11.6. The number of carbonyl (C=O) groups is 2. The second-order valence-electron chi connectivity index (χ2n) is 3.67. The van der Waals surface area contributed by atoms with Crippen LogP contribution in [0.2, 0.25) is 0 Å². The molecule has 2 unspecified atom stereocenters. The normalized spacial score (nSPS) is 22.1. The van der Waals surface area contributed by atoms with E-state index in [0.29, 0.717) is 19.4 Å². The van der Waals surface area contributed by atoms with Crippen molar-refractivity contribution in [2.75, 3.05) is 6.54 Å². The van der Waals surface area contributed by atoms with E-state index in [1.807, 2.05) is 6.92 Å². The van der Waals surface area contributed by atoms with Crippen LogP contribution in [-0.2, 0) is 9.59 Å². The first-order valence-electron chi connectivity index (χ1n) is 5.11. The molecular formula is C11H16N2O2. The predicted octanol–water partition coefficient (Wildman–Crippen LogP) is 0.122. The number of rotatable bonds is 3. The van der Waals surface area contributed by atoms with Crippen LogP contribution in [-0.4, -0.2) is 29.3 Å². The van der Waals surface area contributed by atoms with E-state index < -0.39 is 11.9 Å². The highest BCUT2D eigenvalue weighted by molar-refractivity contribution is 5.88. The standard InChI is InChI=1S/C11H16N2O2/c1-3-5-8-6-10(14)13(7-8)9(4-2)11(12)15/h8-9H,4,6-7H2,1-2H3,(H2,12,15). The Morgan fingerprint density at radius 1 is 1.73 bits per heavy atom. The number of amides is 2. The zero-order valence-corrected chi connectivity index (χ0v) is 9.12. The SMILES string of the molecule is CC#CC1CC(=O)N(C(CC)C(N)=O)C1. The summed E-state index contributed by atoms with van der Waals surface area (Å²) in [6, 6.07) is -0.471. The number of carbonyl (C=O) groups excluding carboxylic acids is 2. The topological polar surface area (TPSA) is 63.4 Å². The molecule has 4 heteroatoms. The van der Waals surface area contributed by atoms with Crippen LogP contribution >= 0.6 is 0 Å². The summed E-state index contributed by atoms with van der Waals surface area (Å²) in [7, 11) is 0. The zero-order valence-electron chi connectivity index (χ0n) is 9.12. The number of hydrogen-bond donors (Lipinski definition) is 1. The fourth-order valence-corrected chi connectivity index (χ4v) is 1.91. The van der Waals surface area contributed by atoms with Gasteiger partial charge < -0.3 is 10.6 Å². The van der Waals surface area contributed by atoms with Gasteiger partial charge in [-0.2, -0.15) is 0 Å². The Bertz CT molecular complexity index is 327. The monoisotopic (exact) mass is 208 g/mol. The summed E-state index contributed by atoms with van der Waals surface area (Å²) >= 11 is 0. The van der Waals surface area contributed by atoms with Gasteiger partial charge in [-0.3, -0.25) is 9.59 Å². The Labute approximate surface area is 89.8 Å². The lowest BCUT2D eigenvalue weighted by molar-refractivity contribution is -0.136. The Morgan fingerprint density at radius 3 is 2.87 bits per heavy atom. The molecule has 0 radical (unpaired) electrons. The lowest BCUT2D eigenvalue weighted by Crippen LogP contribution is -2.45. The quantitative estimate of drug-likeness (QED) is 0.670. The number of nitrogens with two attached hydrogens (primary N) is 1. The van der Waals surface area contributed by atoms with E-state index in [-0.39, 0.29) is 11.8 Å². The van der Waals surface area contributed by atoms with Crippen molar-refractivity contribution in [1.29, 1.82) is 0 Å². The molecule has 1 saturated heterocycles. The number of likely N-dealkylation sites (tertiary alicyclic amines) is 1. The first-order chi connectivity index (χ1) is 7.10. The van der Waals surface area contributed by atoms with E-state index in [1.54, 1.807) is 11.8 Å². The smallest absolute Gasteiger partial charge is 0.240 e. The van der Waals surface area contributed by atoms with Crippen molar-refractivity contribution in [2.45, 2.75) is 32.7 Å². The molecule has 1 rings (SSSR count). The summed E-state index contributed by atoms with van der Waals surface area (Å²) in [5.74, 6) is 5.35. The minimum Gasteiger partial charge on any atom is -0.368 e. The molecule has 1 aliphatic heterocycles. The van der Waals surface area contributed by atoms with Crippen molar-refractivity contribution in [1.82, 2.24) is 4.90 Å². The Kier molecular flexibility index (Phi) is 3.73. The van der Waals surface area contributed by atoms with Crippen LogP contribution in [0.4, 0.5) is 0 Å². The van der Waals surface area contributed by atoms with E-state index >= 15 is 0 Å². The predicted molar refractivity (Wildman–Crippen MR) is 56.5 cm³/mol. The molecule has 0 bridgehead atoms. The molecule has 0 spiro atoms. The third-order valence-electron chi connectivity index (χ3n) is 2.60. The highest BCUT2D eigenvalue weighted by atomic mass is 16.2. The molecule has 1 heterocycles. The van der Waals surface area contributed by atoms with E-state index in [9.17, 15) is 9.59 Å². The van der Waals surface area contributed by atoms with Gasteiger partial charge >= 0.3 is 0 Å². The lowest BCUT2D eigenvalue weighted by atomic mass is 10.1. The van der Waals surface area contributed by atoms with Gasteiger partial charge in [0.15, 0.2) is 0 Å². The molecule has 0 aromatic rings. The Morgan fingerprint density at radius 2 is 2.40 bits per heavy atom. The molecule has 82 valence electrons. The van der Waals surface area contributed by atoms with Gasteiger partial charge in [0.2, 0.25) is 11.8 Å². The van der Waals surface area contributed by atoms with E-state index in [1.165, 1.54) is 0 Å². The molecule has 15 heavy (non-hydrogen) atoms. The van der Waals surface area contributed by atoms with E-state index in [4.69, 9.17) is 5.73 Å². The van der Waals surface area contributed by atoms with Crippen molar-refractivity contribution < 1.29 is 9.59 Å². The number of nitrogens with zero attached hydrogens (tertiary/aromatic N) is 1. The molecular weight excluding hydrogens is 192 g/mol. The van der Waals surface area contributed by atoms with Crippen LogP contribution < -0.4 is 5.73 Å². The van der Waals surface area contributed by atoms with Crippen molar-refractivity contribution in [2.24, 2.45) is 11.7 Å². The van der Waals surface area contributed by atoms with Gasteiger partial charge in [-0.25, -0.2) is 0 Å². The second-order valence-corrected chi connectivity index (χ2v) is 3.67. The van der Waals surface area contributed by atoms with E-state index in [2.05, 4.69) is 11.8 Å². The molecule has 2 amide bonds. The maximum Gasteiger partial charge on any atom is 0.240 e. The molecule has 0 aliphatic carbocycles. The van der Waals surface area contributed by atoms with Crippen molar-refractivity contribution in [3.8, 4) is 11.8 Å². The Balaban J connectivity index is 2.74. The summed E-state index contributed by atoms with van der Waals surface area (Å²) in [6.45, 7) is 4.13. The summed E-state index contributed by atoms with van der Waals surface area (Å²) in [5.41, 5.74) is 5.24. The largest absolute Gasteiger partial charge is 0.368 e. The molecule has 1 fully saturated rings. The van der Waals surface area contributed by atoms with Crippen LogP contribution in [0, 0.1) is 17.8 Å². The summed E-state index contributed by atoms with van der Waals surface area (Å²) in [4.78, 5) is 24.3. The number of hydrogen-bond acceptors (Lipinski definition) is 2. The van der Waals surface area contributed by atoms with Crippen LogP contribution in [0.1, 0.15) is 26.7 Å². The van der Waals surface area contributed by atoms with Crippen molar-refractivity contribution in [3.05, 3.63) is 0 Å². The van der Waals surface area contributed by atoms with Crippen molar-refractivity contribution in [3.63, 3.8) is 0 Å². The van der Waals surface area contributed by atoms with Gasteiger partial charge in [-0.15, -0.1) is 5.92 Å². The maximum atomic E-state index is 11.6. The average Bonchev–Trinajstić information content (AvgIpc) is 2.49. The van der Waals surface area contributed by atoms with Crippen LogP contribution in [0.3, 0.4) is 0 Å². The van der Waals surface area contributed by atoms with Crippen molar-refractivity contribution >= 4 is 11.8 Å². The van der Waals surface area contributed by atoms with Gasteiger partial charge in [0.05, 0.1) is 0 Å². The highest BCUT2D eigenvalue weighted by Gasteiger charge is 2.35. The van der Waals surface area contributed by atoms with Gasteiger partial charge in [0.1, 0.15) is 6.04 Å². The first-order valence-corrected chi connectivity index (χ1v) is 5.11. The minimum absolute atomic E-state index is 0.0200. The van der Waals surface area contributed by atoms with Crippen LogP contribution in [0.15, 0.2) is 0 Å². The molecule has 4 nitrogen and oxygen atoms in total. The lowest BCUT2D eigenvalue weighted by Gasteiger charge is -2.23. The number of primary amides is 1. The summed E-state index contributed by atoms with van der Waals surface area (Å²) < 4.78 is 0. The molecule has 2 atom stereocenters. The summed E-state index contributed by atoms with van der Waals surface area (Å²) in [5, 5.41) is 0. The van der Waals surface area contributed by atoms with E-state index in [0.717, 1.165) is 0 Å². The van der Waals surface area contributed by atoms with Gasteiger partial charge in [0, 0.05) is 18.9 Å². The molecule has 0 saturated carbocycles. The third-order valence-corrected chi connectivity index (χ3v) is 2.60. The van der Waals surface area contributed by atoms with Crippen LogP contribution in [0.25, 0.3) is 0 Å². The fourth-order valence-electron chi connectivity index (χ4n) is 1.91. The first kappa shape index (κ1) is 11.6. The minimum atomic E-state index is -0.471. The molecule has 2 N–H and O–H groups in total. The second kappa shape index (κ2) is 4.83. The molecule has 1 aliphatic rings. The highest BCUT2D eigenvalue weighted by Crippen LogP contribution is 2.20. The summed E-state index contributed by atoms with van der Waals surface area (Å²) in [6.07, 6.45) is 0.970. The van der Waals surface area contributed by atoms with Crippen LogP contribution in [0.5, 0.6) is 0 Å². The van der Waals surface area contributed by atoms with Gasteiger partial charge in [0.25, 0.3) is 0 Å². The molecule has 0 aromatic carbocycles. The van der Waals surface area contributed by atoms with Gasteiger partial charge in [-0.1, -0.05) is 12.8 Å². The average molecular weight is 208 g/mol. The van der Waals surface area contributed by atoms with Gasteiger partial charge in [-0.05, 0) is 13.3 Å². The Hall–Kier alpha value is -1.50. The third kappa shape index (κ3) is 2.50. The molecule has 0 aromatic heterocycles.